The van der Waals surface area contributed by atoms with Gasteiger partial charge in [0.2, 0.25) is 0 Å². The zero-order valence-electron chi connectivity index (χ0n) is 28.7. The summed E-state index contributed by atoms with van der Waals surface area (Å²) in [5, 5.41) is 45.0. The van der Waals surface area contributed by atoms with E-state index in [4.69, 9.17) is 27.6 Å². The van der Waals surface area contributed by atoms with E-state index >= 15 is 0 Å². The summed E-state index contributed by atoms with van der Waals surface area (Å²) in [4.78, 5) is 31.7. The van der Waals surface area contributed by atoms with Gasteiger partial charge in [-0.3, -0.25) is 9.78 Å². The summed E-state index contributed by atoms with van der Waals surface area (Å²) in [5.74, 6) is -1.45. The van der Waals surface area contributed by atoms with Gasteiger partial charge in [-0.1, -0.05) is 102 Å². The molecule has 266 valence electrons. The Bertz CT molecular complexity index is 2870. The summed E-state index contributed by atoms with van der Waals surface area (Å²) in [5.41, 5.74) is 3.68. The van der Waals surface area contributed by atoms with E-state index in [1.54, 1.807) is 54.9 Å². The zero-order valence-corrected chi connectivity index (χ0v) is 30.2. The largest absolute Gasteiger partial charge is 0.507 e. The normalized spacial score (nSPS) is 11.6. The van der Waals surface area contributed by atoms with Crippen LogP contribution in [0.25, 0.3) is 77.6 Å². The molecular weight excluding hydrogens is 725 g/mol. The van der Waals surface area contributed by atoms with Gasteiger partial charge in [0.25, 0.3) is 0 Å². The third kappa shape index (κ3) is 5.42. The Kier molecular flexibility index (Phi) is 8.71. The van der Waals surface area contributed by atoms with Crippen LogP contribution in [0, 0.1) is 13.8 Å². The Balaban J connectivity index is 1.77. The molecule has 8 rings (SSSR count). The molecule has 2 aliphatic rings. The van der Waals surface area contributed by atoms with E-state index in [0.29, 0.717) is 44.0 Å². The molecule has 10 heteroatoms. The van der Waals surface area contributed by atoms with Crippen molar-refractivity contribution in [2.45, 2.75) is 20.1 Å². The number of carboxylic acid groups (broad SMARTS) is 1. The highest BCUT2D eigenvalue weighted by molar-refractivity contribution is 6.40. The molecular formula is C44H29Cl2NO7. The number of fused-ring (bicyclic) bond motifs is 4. The number of aliphatic hydroxyl groups is 2. The van der Waals surface area contributed by atoms with Gasteiger partial charge in [-0.25, -0.2) is 4.79 Å². The summed E-state index contributed by atoms with van der Waals surface area (Å²) in [6.45, 7) is 3.75. The third-order valence-corrected chi connectivity index (χ3v) is 10.6. The minimum atomic E-state index is -2.22. The summed E-state index contributed by atoms with van der Waals surface area (Å²) in [6.07, 6.45) is 0.973. The number of hydrogen-bond acceptors (Lipinski definition) is 7. The number of rotatable bonds is 6. The van der Waals surface area contributed by atoms with Crippen LogP contribution < -0.4 is 5.43 Å². The average molecular weight is 755 g/mol. The van der Waals surface area contributed by atoms with E-state index in [9.17, 15) is 30.0 Å². The van der Waals surface area contributed by atoms with Crippen LogP contribution in [0.5, 0.6) is 5.75 Å². The van der Waals surface area contributed by atoms with Gasteiger partial charge in [0, 0.05) is 56.5 Å². The first-order valence-corrected chi connectivity index (χ1v) is 17.6. The first-order chi connectivity index (χ1) is 26.0. The Hall–Kier alpha value is -6.03. The van der Waals surface area contributed by atoms with Gasteiger partial charge in [-0.2, -0.15) is 0 Å². The molecule has 0 radical (unpaired) electrons. The van der Waals surface area contributed by atoms with Gasteiger partial charge in [0.15, 0.2) is 11.7 Å². The van der Waals surface area contributed by atoms with Gasteiger partial charge in [0.1, 0.15) is 17.1 Å². The molecule has 5 aromatic carbocycles. The number of aliphatic hydroxyl groups excluding tert-OH is 1. The molecule has 1 aliphatic carbocycles. The Morgan fingerprint density at radius 2 is 1.35 bits per heavy atom. The van der Waals surface area contributed by atoms with Crippen molar-refractivity contribution in [3.05, 3.63) is 152 Å². The van der Waals surface area contributed by atoms with Crippen molar-refractivity contribution in [1.82, 2.24) is 4.98 Å². The average Bonchev–Trinajstić information content (AvgIpc) is 3.16. The molecule has 8 nitrogen and oxygen atoms in total. The number of phenols is 1. The highest BCUT2D eigenvalue weighted by atomic mass is 35.5. The van der Waals surface area contributed by atoms with Gasteiger partial charge < -0.3 is 24.8 Å². The maximum atomic E-state index is 14.7. The first-order valence-electron chi connectivity index (χ1n) is 16.8. The molecule has 1 aromatic heterocycles. The molecule has 0 amide bonds. The fraction of sp³-hybridized carbons (Fsp3) is 0.0682. The number of carboxylic acids is 1. The number of carbonyl (C=O) groups is 1. The molecule has 0 fully saturated rings. The monoisotopic (exact) mass is 753 g/mol. The highest BCUT2D eigenvalue weighted by Crippen LogP contribution is 2.55. The van der Waals surface area contributed by atoms with E-state index in [2.05, 4.69) is 4.98 Å². The first kappa shape index (κ1) is 35.0. The molecule has 0 saturated heterocycles. The van der Waals surface area contributed by atoms with Crippen molar-refractivity contribution in [1.29, 1.82) is 0 Å². The number of pyridine rings is 1. The van der Waals surface area contributed by atoms with Crippen LogP contribution in [0.4, 0.5) is 0 Å². The number of hydrogen-bond donors (Lipinski definition) is 4. The van der Waals surface area contributed by atoms with E-state index < -0.39 is 17.8 Å². The summed E-state index contributed by atoms with van der Waals surface area (Å²) >= 11 is 13.8. The molecule has 54 heavy (non-hydrogen) atoms. The number of aromatic nitrogens is 1. The van der Waals surface area contributed by atoms with E-state index in [-0.39, 0.29) is 60.4 Å². The molecule has 1 aliphatic heterocycles. The lowest BCUT2D eigenvalue weighted by Crippen LogP contribution is -2.12. The van der Waals surface area contributed by atoms with E-state index in [1.807, 2.05) is 62.4 Å². The number of benzene rings is 6. The standard InChI is InChI=1S/C44H29Cl2NO7/c1-21-10-3-5-13-24(21)34-40(49)28(23-12-9-17-47-20-23)18-29-32(37-36(44(52)53)31(45)19-30(38(37)46)43(50)51)33-26-15-7-8-16-27(26)39(48)35(42(33)54-41(29)34)25-14-6-4-11-22(25)2/h3-20,44,49,52-53H,1-2H3,(H,50,51). The zero-order chi connectivity index (χ0) is 38.0. The number of halogens is 2. The van der Waals surface area contributed by atoms with Crippen LogP contribution in [0.15, 0.2) is 119 Å². The number of aromatic carboxylic acids is 1. The molecule has 0 spiro atoms. The number of aryl methyl sites for hydroxylation is 2. The van der Waals surface area contributed by atoms with Gasteiger partial charge in [-0.15, -0.1) is 0 Å². The summed E-state index contributed by atoms with van der Waals surface area (Å²) < 4.78 is 7.01. The fourth-order valence-electron chi connectivity index (χ4n) is 7.41. The van der Waals surface area contributed by atoms with Gasteiger partial charge in [0.05, 0.1) is 26.7 Å². The quantitative estimate of drug-likeness (QED) is 0.0747. The van der Waals surface area contributed by atoms with Crippen molar-refractivity contribution in [3.8, 4) is 61.6 Å². The minimum absolute atomic E-state index is 0.0968. The Labute approximate surface area is 318 Å². The minimum Gasteiger partial charge on any atom is -0.507 e. The molecule has 6 aromatic rings. The second kappa shape index (κ2) is 13.4. The van der Waals surface area contributed by atoms with E-state index in [1.165, 1.54) is 0 Å². The highest BCUT2D eigenvalue weighted by Gasteiger charge is 2.34. The van der Waals surface area contributed by atoms with Crippen LogP contribution in [0.3, 0.4) is 0 Å². The van der Waals surface area contributed by atoms with Crippen molar-refractivity contribution in [2.24, 2.45) is 0 Å². The number of nitrogens with zero attached hydrogens (tertiary/aromatic N) is 1. The molecule has 0 unspecified atom stereocenters. The van der Waals surface area contributed by atoms with Crippen LogP contribution in [-0.4, -0.2) is 31.4 Å². The second-order valence-corrected chi connectivity index (χ2v) is 13.8. The summed E-state index contributed by atoms with van der Waals surface area (Å²) in [6, 6.07) is 27.9. The van der Waals surface area contributed by atoms with Gasteiger partial charge in [-0.05, 0) is 59.7 Å². The second-order valence-electron chi connectivity index (χ2n) is 13.0. The van der Waals surface area contributed by atoms with E-state index in [0.717, 1.165) is 17.2 Å². The van der Waals surface area contributed by atoms with Crippen molar-refractivity contribution < 1.29 is 29.6 Å². The number of phenolic OH excluding ortho intramolecular Hbond substituents is 1. The molecule has 0 atom stereocenters. The lowest BCUT2D eigenvalue weighted by Gasteiger charge is -2.26. The predicted molar refractivity (Wildman–Crippen MR) is 211 cm³/mol. The SMILES string of the molecule is Cc1ccccc1-c1c2oc3c(-c4ccccc4C)c(O)c(-c4cccnc4)cc3c(-c3c(Cl)c(C(=O)O)cc(Cl)c3C(O)O)c-2c2ccccc2c1=O. The smallest absolute Gasteiger partial charge is 0.337 e. The molecule has 0 bridgehead atoms. The van der Waals surface area contributed by atoms with Crippen molar-refractivity contribution >= 4 is 50.9 Å². The van der Waals surface area contributed by atoms with Crippen molar-refractivity contribution in [3.63, 3.8) is 0 Å². The fourth-order valence-corrected chi connectivity index (χ4v) is 8.05. The molecule has 0 saturated carbocycles. The lowest BCUT2D eigenvalue weighted by molar-refractivity contribution is -0.0419. The van der Waals surface area contributed by atoms with Crippen molar-refractivity contribution in [2.75, 3.05) is 0 Å². The van der Waals surface area contributed by atoms with Gasteiger partial charge >= 0.3 is 5.97 Å². The molecule has 2 heterocycles. The lowest BCUT2D eigenvalue weighted by atomic mass is 9.82. The predicted octanol–water partition coefficient (Wildman–Crippen LogP) is 10.4. The summed E-state index contributed by atoms with van der Waals surface area (Å²) in [7, 11) is 0. The van der Waals surface area contributed by atoms with Crippen LogP contribution in [0.2, 0.25) is 10.0 Å². The Morgan fingerprint density at radius 3 is 1.96 bits per heavy atom. The van der Waals surface area contributed by atoms with Crippen LogP contribution in [-0.2, 0) is 0 Å². The van der Waals surface area contributed by atoms with Crippen LogP contribution in [0.1, 0.15) is 33.3 Å². The molecule has 4 N–H and O–H groups in total. The topological polar surface area (TPSA) is 141 Å². The maximum Gasteiger partial charge on any atom is 0.337 e. The number of aromatic hydroxyl groups is 1. The third-order valence-electron chi connectivity index (χ3n) is 9.89. The Morgan fingerprint density at radius 1 is 0.722 bits per heavy atom. The van der Waals surface area contributed by atoms with Crippen LogP contribution >= 0.6 is 23.2 Å². The maximum absolute atomic E-state index is 14.7.